The third-order valence-electron chi connectivity index (χ3n) is 5.99. The second kappa shape index (κ2) is 11.1. The van der Waals surface area contributed by atoms with Crippen LogP contribution in [0.2, 0.25) is 10.0 Å². The van der Waals surface area contributed by atoms with Gasteiger partial charge < -0.3 is 13.9 Å². The molecule has 0 amide bonds. The lowest BCUT2D eigenvalue weighted by molar-refractivity contribution is -0.140. The Kier molecular flexibility index (Phi) is 7.67. The van der Waals surface area contributed by atoms with Gasteiger partial charge in [-0.1, -0.05) is 52.7 Å². The van der Waals surface area contributed by atoms with Gasteiger partial charge in [0.05, 0.1) is 22.4 Å². The SMILES string of the molecule is COCCOC(=O)C1=C(C)N=c2s/c(=C/c3ccc(-c4ccc(Cl)cc4)o3)c(=O)n2[C@H]1c1ccccc1Cl. The van der Waals surface area contributed by atoms with Crippen LogP contribution in [0.5, 0.6) is 0 Å². The molecule has 0 radical (unpaired) electrons. The summed E-state index contributed by atoms with van der Waals surface area (Å²) in [6, 6.07) is 17.2. The summed E-state index contributed by atoms with van der Waals surface area (Å²) >= 11 is 13.8. The predicted octanol–water partition coefficient (Wildman–Crippen LogP) is 4.99. The molecule has 1 aliphatic rings. The van der Waals surface area contributed by atoms with E-state index < -0.39 is 12.0 Å². The molecule has 7 nitrogen and oxygen atoms in total. The summed E-state index contributed by atoms with van der Waals surface area (Å²) < 4.78 is 18.3. The summed E-state index contributed by atoms with van der Waals surface area (Å²) in [5.41, 5.74) is 1.83. The molecule has 0 saturated carbocycles. The van der Waals surface area contributed by atoms with Crippen molar-refractivity contribution in [2.24, 2.45) is 4.99 Å². The molecule has 194 valence electrons. The standard InChI is InChI=1S/C28H22Cl2N2O5S/c1-16-24(27(34)36-14-13-35-2)25(20-5-3-4-6-21(20)30)32-26(33)23(38-28(32)31-16)15-19-11-12-22(37-19)17-7-9-18(29)10-8-17/h3-12,15,25H,13-14H2,1-2H3/b23-15+/t25-/m0/s1. The van der Waals surface area contributed by atoms with Crippen LogP contribution in [-0.2, 0) is 14.3 Å². The number of ether oxygens (including phenoxy) is 2. The Morgan fingerprint density at radius 2 is 1.87 bits per heavy atom. The minimum atomic E-state index is -0.807. The van der Waals surface area contributed by atoms with Gasteiger partial charge in [-0.3, -0.25) is 9.36 Å². The fraction of sp³-hybridized carbons (Fsp3) is 0.179. The Balaban J connectivity index is 1.61. The first kappa shape index (κ1) is 26.2. The van der Waals surface area contributed by atoms with Gasteiger partial charge in [0.25, 0.3) is 5.56 Å². The highest BCUT2D eigenvalue weighted by atomic mass is 35.5. The molecule has 5 rings (SSSR count). The highest BCUT2D eigenvalue weighted by Crippen LogP contribution is 2.34. The van der Waals surface area contributed by atoms with Gasteiger partial charge in [-0.05, 0) is 55.0 Å². The predicted molar refractivity (Wildman–Crippen MR) is 147 cm³/mol. The summed E-state index contributed by atoms with van der Waals surface area (Å²) in [7, 11) is 1.52. The van der Waals surface area contributed by atoms with E-state index in [0.29, 0.717) is 42.2 Å². The van der Waals surface area contributed by atoms with Gasteiger partial charge in [-0.2, -0.15) is 0 Å². The van der Waals surface area contributed by atoms with E-state index in [9.17, 15) is 9.59 Å². The molecular formula is C28H22Cl2N2O5S. The molecule has 0 N–H and O–H groups in total. The highest BCUT2D eigenvalue weighted by molar-refractivity contribution is 7.07. The van der Waals surface area contributed by atoms with Crippen molar-refractivity contribution in [2.75, 3.05) is 20.3 Å². The second-order valence-corrected chi connectivity index (χ2v) is 10.3. The summed E-state index contributed by atoms with van der Waals surface area (Å²) in [5.74, 6) is 0.567. The van der Waals surface area contributed by atoms with E-state index in [1.807, 2.05) is 18.2 Å². The molecule has 2 aromatic heterocycles. The molecule has 0 spiro atoms. The first-order valence-corrected chi connectivity index (χ1v) is 13.2. The average Bonchev–Trinajstić information content (AvgIpc) is 3.48. The van der Waals surface area contributed by atoms with E-state index in [-0.39, 0.29) is 24.3 Å². The van der Waals surface area contributed by atoms with Crippen molar-refractivity contribution in [3.8, 4) is 11.3 Å². The normalized spacial score (nSPS) is 15.4. The minimum absolute atomic E-state index is 0.0697. The zero-order valence-corrected chi connectivity index (χ0v) is 22.8. The van der Waals surface area contributed by atoms with E-state index in [1.165, 1.54) is 23.0 Å². The third kappa shape index (κ3) is 5.13. The number of methoxy groups -OCH3 is 1. The Bertz CT molecular complexity index is 1720. The number of thiazole rings is 1. The summed E-state index contributed by atoms with van der Waals surface area (Å²) in [6.45, 7) is 2.04. The molecule has 0 aliphatic carbocycles. The lowest BCUT2D eigenvalue weighted by Crippen LogP contribution is -2.40. The maximum absolute atomic E-state index is 13.8. The Morgan fingerprint density at radius 3 is 2.61 bits per heavy atom. The Morgan fingerprint density at radius 1 is 1.11 bits per heavy atom. The van der Waals surface area contributed by atoms with Gasteiger partial charge >= 0.3 is 5.97 Å². The number of aromatic nitrogens is 1. The van der Waals surface area contributed by atoms with Gasteiger partial charge in [0, 0.05) is 28.8 Å². The van der Waals surface area contributed by atoms with Crippen molar-refractivity contribution >= 4 is 46.6 Å². The zero-order chi connectivity index (χ0) is 26.8. The molecule has 2 aromatic carbocycles. The van der Waals surface area contributed by atoms with E-state index in [1.54, 1.807) is 55.5 Å². The van der Waals surface area contributed by atoms with Crippen LogP contribution >= 0.6 is 34.5 Å². The first-order chi connectivity index (χ1) is 18.4. The number of nitrogens with zero attached hydrogens (tertiary/aromatic N) is 2. The molecule has 0 fully saturated rings. The summed E-state index contributed by atoms with van der Waals surface area (Å²) in [5, 5.41) is 1.05. The van der Waals surface area contributed by atoms with Crippen molar-refractivity contribution in [3.63, 3.8) is 0 Å². The maximum Gasteiger partial charge on any atom is 0.338 e. The molecular weight excluding hydrogens is 547 g/mol. The summed E-state index contributed by atoms with van der Waals surface area (Å²) in [4.78, 5) is 32.0. The van der Waals surface area contributed by atoms with Gasteiger partial charge in [-0.15, -0.1) is 0 Å². The Labute approximate surface area is 231 Å². The lowest BCUT2D eigenvalue weighted by Gasteiger charge is -2.25. The van der Waals surface area contributed by atoms with Crippen molar-refractivity contribution in [1.82, 2.24) is 4.57 Å². The van der Waals surface area contributed by atoms with Crippen molar-refractivity contribution in [1.29, 1.82) is 0 Å². The van der Waals surface area contributed by atoms with E-state index in [2.05, 4.69) is 4.99 Å². The quantitative estimate of drug-likeness (QED) is 0.231. The number of benzene rings is 2. The number of halogens is 2. The molecule has 1 aliphatic heterocycles. The average molecular weight is 569 g/mol. The number of rotatable bonds is 7. The van der Waals surface area contributed by atoms with E-state index in [0.717, 1.165) is 5.56 Å². The molecule has 10 heteroatoms. The number of hydrogen-bond acceptors (Lipinski definition) is 7. The molecule has 38 heavy (non-hydrogen) atoms. The van der Waals surface area contributed by atoms with Crippen molar-refractivity contribution < 1.29 is 18.7 Å². The number of furan rings is 1. The monoisotopic (exact) mass is 568 g/mol. The first-order valence-electron chi connectivity index (χ1n) is 11.7. The number of allylic oxidation sites excluding steroid dienone is 1. The fourth-order valence-electron chi connectivity index (χ4n) is 4.20. The van der Waals surface area contributed by atoms with E-state index in [4.69, 9.17) is 37.1 Å². The third-order valence-corrected chi connectivity index (χ3v) is 7.57. The van der Waals surface area contributed by atoms with Crippen molar-refractivity contribution in [3.05, 3.63) is 113 Å². The fourth-order valence-corrected chi connectivity index (χ4v) is 5.59. The van der Waals surface area contributed by atoms with Crippen LogP contribution in [0.4, 0.5) is 0 Å². The zero-order valence-electron chi connectivity index (χ0n) is 20.4. The number of esters is 1. The van der Waals surface area contributed by atoms with Crippen LogP contribution in [0.25, 0.3) is 17.4 Å². The molecule has 3 heterocycles. The van der Waals surface area contributed by atoms with Gasteiger partial charge in [-0.25, -0.2) is 9.79 Å². The van der Waals surface area contributed by atoms with Crippen LogP contribution in [0.15, 0.2) is 86.1 Å². The number of carbonyl (C=O) groups excluding carboxylic acids is 1. The van der Waals surface area contributed by atoms with Crippen LogP contribution in [0.1, 0.15) is 24.3 Å². The van der Waals surface area contributed by atoms with E-state index >= 15 is 0 Å². The van der Waals surface area contributed by atoms with Gasteiger partial charge in [0.15, 0.2) is 4.80 Å². The van der Waals surface area contributed by atoms with Crippen LogP contribution in [0.3, 0.4) is 0 Å². The Hall–Kier alpha value is -3.43. The molecule has 1 atom stereocenters. The van der Waals surface area contributed by atoms with Gasteiger partial charge in [0.2, 0.25) is 0 Å². The van der Waals surface area contributed by atoms with Crippen LogP contribution in [0, 0.1) is 0 Å². The second-order valence-electron chi connectivity index (χ2n) is 8.44. The molecule has 4 aromatic rings. The minimum Gasteiger partial charge on any atom is -0.460 e. The van der Waals surface area contributed by atoms with Crippen molar-refractivity contribution in [2.45, 2.75) is 13.0 Å². The molecule has 0 bridgehead atoms. The molecule has 0 saturated heterocycles. The largest absolute Gasteiger partial charge is 0.460 e. The lowest BCUT2D eigenvalue weighted by atomic mass is 9.96. The number of carbonyl (C=O) groups is 1. The highest BCUT2D eigenvalue weighted by Gasteiger charge is 2.34. The topological polar surface area (TPSA) is 83.0 Å². The van der Waals surface area contributed by atoms with Gasteiger partial charge in [0.1, 0.15) is 24.2 Å². The van der Waals surface area contributed by atoms with Crippen LogP contribution in [-0.4, -0.2) is 30.9 Å². The maximum atomic E-state index is 13.8. The van der Waals surface area contributed by atoms with Crippen LogP contribution < -0.4 is 14.9 Å². The summed E-state index contributed by atoms with van der Waals surface area (Å²) in [6.07, 6.45) is 1.67. The smallest absolute Gasteiger partial charge is 0.338 e. The number of fused-ring (bicyclic) bond motifs is 1. The number of hydrogen-bond donors (Lipinski definition) is 0. The molecule has 0 unspecified atom stereocenters.